The summed E-state index contributed by atoms with van der Waals surface area (Å²) in [7, 11) is 2.16. The lowest BCUT2D eigenvalue weighted by Gasteiger charge is -2.48. The Morgan fingerprint density at radius 2 is 2.14 bits per heavy atom. The van der Waals surface area contributed by atoms with Crippen LogP contribution in [0.15, 0.2) is 24.5 Å². The Bertz CT molecular complexity index is 271. The predicted molar refractivity (Wildman–Crippen MR) is 60.2 cm³/mol. The molecule has 1 aliphatic heterocycles. The zero-order valence-corrected chi connectivity index (χ0v) is 9.62. The van der Waals surface area contributed by atoms with E-state index >= 15 is 0 Å². The smallest absolute Gasteiger partial charge is 0.0456 e. The average Bonchev–Trinajstić information content (AvgIpc) is 2.30. The zero-order valence-electron chi connectivity index (χ0n) is 9.62. The van der Waals surface area contributed by atoms with Crippen molar-refractivity contribution in [2.45, 2.75) is 32.7 Å². The van der Waals surface area contributed by atoms with Crippen molar-refractivity contribution in [3.05, 3.63) is 30.1 Å². The third-order valence-electron chi connectivity index (χ3n) is 3.06. The van der Waals surface area contributed by atoms with Gasteiger partial charge in [-0.05, 0) is 32.0 Å². The Balaban J connectivity index is 0.000000461. The molecule has 1 aliphatic rings. The number of aromatic nitrogens is 1. The van der Waals surface area contributed by atoms with Crippen molar-refractivity contribution in [1.29, 1.82) is 0 Å². The molecule has 0 unspecified atom stereocenters. The molecule has 2 nitrogen and oxygen atoms in total. The second-order valence-electron chi connectivity index (χ2n) is 3.69. The van der Waals surface area contributed by atoms with E-state index in [0.717, 1.165) is 0 Å². The van der Waals surface area contributed by atoms with Crippen molar-refractivity contribution in [3.63, 3.8) is 0 Å². The summed E-state index contributed by atoms with van der Waals surface area (Å²) in [6, 6.07) is 4.16. The summed E-state index contributed by atoms with van der Waals surface area (Å²) in [6.07, 6.45) is 5.04. The summed E-state index contributed by atoms with van der Waals surface area (Å²) in [5, 5.41) is 0. The van der Waals surface area contributed by atoms with Gasteiger partial charge in [-0.25, -0.2) is 0 Å². The van der Waals surface area contributed by atoms with Crippen LogP contribution in [0, 0.1) is 0 Å². The quantitative estimate of drug-likeness (QED) is 0.680. The van der Waals surface area contributed by atoms with Crippen LogP contribution in [-0.2, 0) is 5.54 Å². The summed E-state index contributed by atoms with van der Waals surface area (Å²) in [5.74, 6) is 0. The van der Waals surface area contributed by atoms with Gasteiger partial charge in [0.2, 0.25) is 0 Å². The molecule has 0 bridgehead atoms. The number of hydrogen-bond acceptors (Lipinski definition) is 2. The van der Waals surface area contributed by atoms with Crippen LogP contribution >= 0.6 is 0 Å². The number of pyridine rings is 1. The molecule has 1 aromatic rings. The molecule has 1 saturated heterocycles. The summed E-state index contributed by atoms with van der Waals surface area (Å²) < 4.78 is 0. The minimum atomic E-state index is 0.244. The summed E-state index contributed by atoms with van der Waals surface area (Å²) >= 11 is 0. The molecule has 0 spiro atoms. The SMILES string of the molecule is CC.CN1CC[C@@]1(C)c1cccnc1. The van der Waals surface area contributed by atoms with Crippen molar-refractivity contribution in [3.8, 4) is 0 Å². The molecule has 2 rings (SSSR count). The van der Waals surface area contributed by atoms with Gasteiger partial charge in [-0.15, -0.1) is 0 Å². The van der Waals surface area contributed by atoms with Gasteiger partial charge in [0.15, 0.2) is 0 Å². The second kappa shape index (κ2) is 4.56. The highest BCUT2D eigenvalue weighted by atomic mass is 15.2. The molecule has 78 valence electrons. The molecule has 0 saturated carbocycles. The standard InChI is InChI=1S/C10H14N2.C2H6/c1-10(5-7-12(10)2)9-4-3-6-11-8-9;1-2/h3-4,6,8H,5,7H2,1-2H3;1-2H3/t10-;/m0./s1. The van der Waals surface area contributed by atoms with Crippen LogP contribution in [0.2, 0.25) is 0 Å². The third kappa shape index (κ3) is 1.80. The van der Waals surface area contributed by atoms with Gasteiger partial charge in [0.05, 0.1) is 0 Å². The lowest BCUT2D eigenvalue weighted by atomic mass is 9.81. The van der Waals surface area contributed by atoms with Crippen LogP contribution in [0.1, 0.15) is 32.8 Å². The highest BCUT2D eigenvalue weighted by Gasteiger charge is 2.38. The Morgan fingerprint density at radius 1 is 1.43 bits per heavy atom. The lowest BCUT2D eigenvalue weighted by Crippen LogP contribution is -2.52. The molecular formula is C12H20N2. The molecule has 1 aromatic heterocycles. The van der Waals surface area contributed by atoms with Gasteiger partial charge in [0, 0.05) is 24.5 Å². The Morgan fingerprint density at radius 3 is 2.50 bits per heavy atom. The van der Waals surface area contributed by atoms with E-state index in [-0.39, 0.29) is 5.54 Å². The fourth-order valence-corrected chi connectivity index (χ4v) is 1.72. The van der Waals surface area contributed by atoms with Gasteiger partial charge in [0.25, 0.3) is 0 Å². The first kappa shape index (κ1) is 11.2. The number of hydrogen-bond donors (Lipinski definition) is 0. The van der Waals surface area contributed by atoms with E-state index < -0.39 is 0 Å². The summed E-state index contributed by atoms with van der Waals surface area (Å²) in [6.45, 7) is 7.47. The van der Waals surface area contributed by atoms with Crippen molar-refractivity contribution < 1.29 is 0 Å². The molecule has 1 fully saturated rings. The molecule has 2 heterocycles. The predicted octanol–water partition coefficient (Wildman–Crippen LogP) is 2.66. The molecule has 2 heteroatoms. The van der Waals surface area contributed by atoms with Crippen molar-refractivity contribution in [2.24, 2.45) is 0 Å². The molecule has 0 radical (unpaired) electrons. The average molecular weight is 192 g/mol. The number of rotatable bonds is 1. The highest BCUT2D eigenvalue weighted by Crippen LogP contribution is 2.37. The van der Waals surface area contributed by atoms with Gasteiger partial charge in [-0.3, -0.25) is 9.88 Å². The van der Waals surface area contributed by atoms with Crippen molar-refractivity contribution >= 4 is 0 Å². The van der Waals surface area contributed by atoms with Crippen LogP contribution in [0.5, 0.6) is 0 Å². The van der Waals surface area contributed by atoms with Gasteiger partial charge in [-0.2, -0.15) is 0 Å². The fourth-order valence-electron chi connectivity index (χ4n) is 1.72. The van der Waals surface area contributed by atoms with Crippen LogP contribution in [0.25, 0.3) is 0 Å². The second-order valence-corrected chi connectivity index (χ2v) is 3.69. The van der Waals surface area contributed by atoms with E-state index in [1.54, 1.807) is 0 Å². The first-order valence-electron chi connectivity index (χ1n) is 5.35. The molecule has 0 N–H and O–H groups in total. The van der Waals surface area contributed by atoms with E-state index in [4.69, 9.17) is 0 Å². The number of likely N-dealkylation sites (tertiary alicyclic amines) is 1. The summed E-state index contributed by atoms with van der Waals surface area (Å²) in [4.78, 5) is 6.51. The topological polar surface area (TPSA) is 16.1 Å². The largest absolute Gasteiger partial charge is 0.297 e. The van der Waals surface area contributed by atoms with Crippen molar-refractivity contribution in [2.75, 3.05) is 13.6 Å². The van der Waals surface area contributed by atoms with Crippen LogP contribution in [-0.4, -0.2) is 23.5 Å². The minimum Gasteiger partial charge on any atom is -0.297 e. The Labute approximate surface area is 87.0 Å². The van der Waals surface area contributed by atoms with Crippen LogP contribution < -0.4 is 0 Å². The highest BCUT2D eigenvalue weighted by molar-refractivity contribution is 5.22. The molecule has 0 aromatic carbocycles. The molecule has 14 heavy (non-hydrogen) atoms. The zero-order chi connectivity index (χ0) is 10.6. The Kier molecular flexibility index (Phi) is 3.64. The van der Waals surface area contributed by atoms with Gasteiger partial charge in [0.1, 0.15) is 0 Å². The van der Waals surface area contributed by atoms with E-state index in [1.165, 1.54) is 18.5 Å². The normalized spacial score (nSPS) is 26.0. The first-order valence-corrected chi connectivity index (χ1v) is 5.35. The monoisotopic (exact) mass is 192 g/mol. The third-order valence-corrected chi connectivity index (χ3v) is 3.06. The minimum absolute atomic E-state index is 0.244. The Hall–Kier alpha value is -0.890. The van der Waals surface area contributed by atoms with Gasteiger partial charge < -0.3 is 0 Å². The molecular weight excluding hydrogens is 172 g/mol. The lowest BCUT2D eigenvalue weighted by molar-refractivity contribution is 0.0240. The summed E-state index contributed by atoms with van der Waals surface area (Å²) in [5.41, 5.74) is 1.58. The maximum atomic E-state index is 4.14. The van der Waals surface area contributed by atoms with Gasteiger partial charge >= 0.3 is 0 Å². The first-order chi connectivity index (χ1) is 6.73. The number of nitrogens with zero attached hydrogens (tertiary/aromatic N) is 2. The van der Waals surface area contributed by atoms with Gasteiger partial charge in [-0.1, -0.05) is 19.9 Å². The van der Waals surface area contributed by atoms with E-state index in [0.29, 0.717) is 0 Å². The maximum absolute atomic E-state index is 4.14. The molecule has 0 amide bonds. The van der Waals surface area contributed by atoms with Crippen LogP contribution in [0.3, 0.4) is 0 Å². The fraction of sp³-hybridized carbons (Fsp3) is 0.583. The van der Waals surface area contributed by atoms with Crippen LogP contribution in [0.4, 0.5) is 0 Å². The van der Waals surface area contributed by atoms with E-state index in [1.807, 2.05) is 32.3 Å². The van der Waals surface area contributed by atoms with E-state index in [9.17, 15) is 0 Å². The van der Waals surface area contributed by atoms with E-state index in [2.05, 4.69) is 29.9 Å². The maximum Gasteiger partial charge on any atom is 0.0456 e. The molecule has 1 atom stereocenters. The van der Waals surface area contributed by atoms with Crippen molar-refractivity contribution in [1.82, 2.24) is 9.88 Å². The molecule has 0 aliphatic carbocycles.